The molecule has 4 unspecified atom stereocenters. The summed E-state index contributed by atoms with van der Waals surface area (Å²) in [5.41, 5.74) is 6.06. The molecule has 4 atom stereocenters. The van der Waals surface area contributed by atoms with Crippen molar-refractivity contribution in [2.45, 2.75) is 56.3 Å². The molecule has 14 nitrogen and oxygen atoms in total. The van der Waals surface area contributed by atoms with E-state index in [2.05, 4.69) is 28.6 Å². The minimum atomic E-state index is -1.57. The Hall–Kier alpha value is -3.85. The number of aliphatic carboxylic acids is 3. The molecule has 0 aliphatic rings. The summed E-state index contributed by atoms with van der Waals surface area (Å²) >= 11 is 3.90. The van der Waals surface area contributed by atoms with Crippen LogP contribution in [0.15, 0.2) is 24.3 Å². The molecule has 1 rings (SSSR count). The molecule has 0 aliphatic carbocycles. The first-order valence-corrected chi connectivity index (χ1v) is 11.7. The Morgan fingerprint density at radius 2 is 1.22 bits per heavy atom. The van der Waals surface area contributed by atoms with Gasteiger partial charge in [-0.15, -0.1) is 0 Å². The average Bonchev–Trinajstić information content (AvgIpc) is 2.83. The van der Waals surface area contributed by atoms with Crippen molar-refractivity contribution < 1.29 is 49.2 Å². The first-order valence-electron chi connectivity index (χ1n) is 11.1. The molecule has 0 fully saturated rings. The van der Waals surface area contributed by atoms with Crippen LogP contribution in [0.5, 0.6) is 5.75 Å². The van der Waals surface area contributed by atoms with Crippen molar-refractivity contribution in [3.8, 4) is 5.75 Å². The van der Waals surface area contributed by atoms with Crippen molar-refractivity contribution in [1.82, 2.24) is 16.0 Å². The minimum Gasteiger partial charge on any atom is -0.508 e. The number of amides is 3. The molecule has 1 aromatic carbocycles. The number of aromatic hydroxyl groups is 1. The number of rotatable bonds is 16. The van der Waals surface area contributed by atoms with Gasteiger partial charge in [-0.05, 0) is 30.5 Å². The maximum Gasteiger partial charge on any atom is 0.326 e. The highest BCUT2D eigenvalue weighted by Gasteiger charge is 2.31. The van der Waals surface area contributed by atoms with Gasteiger partial charge < -0.3 is 42.1 Å². The molecule has 0 spiro atoms. The quantitative estimate of drug-likeness (QED) is 0.108. The number of hydrogen-bond acceptors (Lipinski definition) is 9. The van der Waals surface area contributed by atoms with Crippen molar-refractivity contribution in [1.29, 1.82) is 0 Å². The van der Waals surface area contributed by atoms with E-state index in [1.54, 1.807) is 0 Å². The number of carbonyl (C=O) groups is 6. The van der Waals surface area contributed by atoms with Crippen LogP contribution in [0.4, 0.5) is 0 Å². The highest BCUT2D eigenvalue weighted by Crippen LogP contribution is 2.12. The molecule has 0 saturated heterocycles. The topological polar surface area (TPSA) is 245 Å². The summed E-state index contributed by atoms with van der Waals surface area (Å²) in [6.07, 6.45) is -1.98. The highest BCUT2D eigenvalue weighted by atomic mass is 32.1. The normalized spacial score (nSPS) is 13.9. The van der Waals surface area contributed by atoms with Crippen molar-refractivity contribution >= 4 is 48.3 Å². The van der Waals surface area contributed by atoms with Crippen LogP contribution < -0.4 is 21.7 Å². The number of benzene rings is 1. The van der Waals surface area contributed by atoms with Crippen molar-refractivity contribution in [2.75, 3.05) is 5.75 Å². The van der Waals surface area contributed by atoms with E-state index < -0.39 is 79.1 Å². The Labute approximate surface area is 217 Å². The van der Waals surface area contributed by atoms with Gasteiger partial charge in [-0.1, -0.05) is 12.1 Å². The summed E-state index contributed by atoms with van der Waals surface area (Å²) in [5.74, 6) is -6.80. The lowest BCUT2D eigenvalue weighted by Crippen LogP contribution is -2.57. The molecule has 0 aliphatic heterocycles. The van der Waals surface area contributed by atoms with Crippen LogP contribution in [-0.2, 0) is 35.2 Å². The Kier molecular flexibility index (Phi) is 12.9. The third kappa shape index (κ3) is 11.6. The van der Waals surface area contributed by atoms with Crippen LogP contribution in [0.25, 0.3) is 0 Å². The van der Waals surface area contributed by atoms with Crippen LogP contribution in [0.2, 0.25) is 0 Å². The Morgan fingerprint density at radius 3 is 1.70 bits per heavy atom. The number of hydrogen-bond donors (Lipinski definition) is 9. The fourth-order valence-electron chi connectivity index (χ4n) is 3.05. The third-order valence-corrected chi connectivity index (χ3v) is 5.48. The maximum absolute atomic E-state index is 13.0. The van der Waals surface area contributed by atoms with Crippen LogP contribution in [0.1, 0.15) is 31.2 Å². The highest BCUT2D eigenvalue weighted by molar-refractivity contribution is 7.80. The van der Waals surface area contributed by atoms with E-state index in [1.807, 2.05) is 0 Å². The summed E-state index contributed by atoms with van der Waals surface area (Å²) in [6.45, 7) is 0. The summed E-state index contributed by atoms with van der Waals surface area (Å²) in [7, 11) is 0. The largest absolute Gasteiger partial charge is 0.508 e. The molecule has 15 heteroatoms. The first kappa shape index (κ1) is 31.2. The number of nitrogens with one attached hydrogen (secondary N) is 3. The molecule has 0 saturated carbocycles. The van der Waals surface area contributed by atoms with Gasteiger partial charge in [-0.3, -0.25) is 24.0 Å². The van der Waals surface area contributed by atoms with Crippen molar-refractivity contribution in [3.63, 3.8) is 0 Å². The van der Waals surface area contributed by atoms with Crippen molar-refractivity contribution in [2.24, 2.45) is 5.73 Å². The SMILES string of the molecule is NC(CS)C(=O)NC(CCC(=O)O)C(=O)NC(Cc1ccc(O)cc1)C(=O)NC(CCC(=O)O)C(=O)O. The molecule has 1 aromatic rings. The Balaban J connectivity index is 3.17. The molecule has 204 valence electrons. The van der Waals surface area contributed by atoms with E-state index in [1.165, 1.54) is 24.3 Å². The average molecular weight is 543 g/mol. The van der Waals surface area contributed by atoms with E-state index in [9.17, 15) is 39.0 Å². The zero-order valence-corrected chi connectivity index (χ0v) is 20.5. The molecular weight excluding hydrogens is 512 g/mol. The second kappa shape index (κ2) is 15.3. The minimum absolute atomic E-state index is 0.0576. The Morgan fingerprint density at radius 1 is 0.757 bits per heavy atom. The number of carboxylic acid groups (broad SMARTS) is 3. The maximum atomic E-state index is 13.0. The van der Waals surface area contributed by atoms with E-state index in [0.717, 1.165) is 0 Å². The van der Waals surface area contributed by atoms with E-state index in [-0.39, 0.29) is 24.3 Å². The van der Waals surface area contributed by atoms with Gasteiger partial charge in [0.25, 0.3) is 0 Å². The lowest BCUT2D eigenvalue weighted by molar-refractivity contribution is -0.143. The van der Waals surface area contributed by atoms with Gasteiger partial charge in [0.05, 0.1) is 6.04 Å². The molecule has 9 N–H and O–H groups in total. The standard InChI is InChI=1S/C22H30N4O10S/c23-13(10-37)19(32)24-14(5-7-17(28)29)20(33)26-16(9-11-1-3-12(27)4-2-11)21(34)25-15(22(35)36)6-8-18(30)31/h1-4,13-16,27,37H,5-10,23H2,(H,24,32)(H,25,34)(H,26,33)(H,28,29)(H,30,31)(H,35,36). The predicted molar refractivity (Wildman–Crippen MR) is 131 cm³/mol. The second-order valence-electron chi connectivity index (χ2n) is 8.05. The van der Waals surface area contributed by atoms with Crippen LogP contribution in [0, 0.1) is 0 Å². The smallest absolute Gasteiger partial charge is 0.326 e. The number of carboxylic acids is 3. The van der Waals surface area contributed by atoms with Crippen LogP contribution in [-0.4, -0.2) is 86.0 Å². The van der Waals surface area contributed by atoms with Gasteiger partial charge in [0.15, 0.2) is 0 Å². The van der Waals surface area contributed by atoms with Crippen LogP contribution in [0.3, 0.4) is 0 Å². The molecule has 0 radical (unpaired) electrons. The van der Waals surface area contributed by atoms with E-state index >= 15 is 0 Å². The van der Waals surface area contributed by atoms with Gasteiger partial charge in [-0.2, -0.15) is 12.6 Å². The van der Waals surface area contributed by atoms with Crippen LogP contribution >= 0.6 is 12.6 Å². The molecule has 0 aromatic heterocycles. The summed E-state index contributed by atoms with van der Waals surface area (Å²) in [4.78, 5) is 71.6. The van der Waals surface area contributed by atoms with Crippen molar-refractivity contribution in [3.05, 3.63) is 29.8 Å². The first-order chi connectivity index (χ1) is 17.3. The van der Waals surface area contributed by atoms with Gasteiger partial charge in [-0.25, -0.2) is 4.79 Å². The molecule has 0 heterocycles. The number of nitrogens with two attached hydrogens (primary N) is 1. The molecule has 0 bridgehead atoms. The van der Waals surface area contributed by atoms with Gasteiger partial charge >= 0.3 is 17.9 Å². The summed E-state index contributed by atoms with van der Waals surface area (Å²) < 4.78 is 0. The zero-order chi connectivity index (χ0) is 28.1. The Bertz CT molecular complexity index is 988. The van der Waals surface area contributed by atoms with E-state index in [0.29, 0.717) is 5.56 Å². The van der Waals surface area contributed by atoms with Gasteiger partial charge in [0.1, 0.15) is 23.9 Å². The molecular formula is C22H30N4O10S. The molecule has 3 amide bonds. The zero-order valence-electron chi connectivity index (χ0n) is 19.6. The summed E-state index contributed by atoms with van der Waals surface area (Å²) in [6, 6.07) is 0.0934. The van der Waals surface area contributed by atoms with Gasteiger partial charge in [0, 0.05) is 25.0 Å². The number of phenolic OH excluding ortho intramolecular Hbond substituents is 1. The molecule has 37 heavy (non-hydrogen) atoms. The number of phenols is 1. The fourth-order valence-corrected chi connectivity index (χ4v) is 3.21. The second-order valence-corrected chi connectivity index (χ2v) is 8.41. The number of thiol groups is 1. The van der Waals surface area contributed by atoms with Gasteiger partial charge in [0.2, 0.25) is 17.7 Å². The third-order valence-electron chi connectivity index (χ3n) is 5.08. The summed E-state index contributed by atoms with van der Waals surface area (Å²) in [5, 5.41) is 43.6. The van der Waals surface area contributed by atoms with E-state index in [4.69, 9.17) is 15.9 Å². The lowest BCUT2D eigenvalue weighted by Gasteiger charge is -2.25. The fraction of sp³-hybridized carbons (Fsp3) is 0.455. The number of carbonyl (C=O) groups excluding carboxylic acids is 3. The lowest BCUT2D eigenvalue weighted by atomic mass is 10.0. The predicted octanol–water partition coefficient (Wildman–Crippen LogP) is -1.54. The monoisotopic (exact) mass is 542 g/mol.